The number of ether oxygens (including phenoxy) is 1. The number of non-ortho nitro benzene ring substituents is 1. The Labute approximate surface area is 145 Å². The summed E-state index contributed by atoms with van der Waals surface area (Å²) < 4.78 is 5.26. The first kappa shape index (κ1) is 15.6. The van der Waals surface area contributed by atoms with Crippen LogP contribution in [-0.4, -0.2) is 23.5 Å². The number of anilines is 1. The lowest BCUT2D eigenvalue weighted by Crippen LogP contribution is -2.43. The van der Waals surface area contributed by atoms with Crippen molar-refractivity contribution in [1.29, 1.82) is 0 Å². The van der Waals surface area contributed by atoms with Gasteiger partial charge in [-0.2, -0.15) is 0 Å². The number of esters is 1. The molecule has 0 saturated carbocycles. The van der Waals surface area contributed by atoms with Gasteiger partial charge in [0, 0.05) is 29.7 Å². The van der Waals surface area contributed by atoms with Crippen LogP contribution in [0.2, 0.25) is 0 Å². The summed E-state index contributed by atoms with van der Waals surface area (Å²) in [5.41, 5.74) is 4.04. The van der Waals surface area contributed by atoms with Crippen molar-refractivity contribution in [2.45, 2.75) is 25.3 Å². The van der Waals surface area contributed by atoms with Crippen molar-refractivity contribution in [3.8, 4) is 0 Å². The molecule has 128 valence electrons. The Bertz CT molecular complexity index is 864. The van der Waals surface area contributed by atoms with E-state index in [1.165, 1.54) is 11.6 Å². The molecule has 2 aromatic carbocycles. The van der Waals surface area contributed by atoms with Gasteiger partial charge < -0.3 is 10.1 Å². The molecule has 0 amide bonds. The van der Waals surface area contributed by atoms with Crippen molar-refractivity contribution in [3.63, 3.8) is 0 Å². The normalized spacial score (nSPS) is 23.0. The van der Waals surface area contributed by atoms with E-state index in [2.05, 4.69) is 17.4 Å². The molecule has 2 aliphatic rings. The van der Waals surface area contributed by atoms with E-state index >= 15 is 0 Å². The Morgan fingerprint density at radius 2 is 2.08 bits per heavy atom. The van der Waals surface area contributed by atoms with Crippen LogP contribution in [-0.2, 0) is 16.0 Å². The van der Waals surface area contributed by atoms with E-state index in [1.54, 1.807) is 19.1 Å². The minimum absolute atomic E-state index is 0.00838. The molecule has 0 fully saturated rings. The number of rotatable bonds is 3. The first-order valence-corrected chi connectivity index (χ1v) is 8.39. The highest BCUT2D eigenvalue weighted by Gasteiger charge is 2.46. The minimum Gasteiger partial charge on any atom is -0.464 e. The Morgan fingerprint density at radius 3 is 2.84 bits per heavy atom. The second kappa shape index (κ2) is 5.88. The summed E-state index contributed by atoms with van der Waals surface area (Å²) in [5.74, 6) is -0.318. The molecular formula is C19H18N2O4. The summed E-state index contributed by atoms with van der Waals surface area (Å²) in [6.07, 6.45) is 0.749. The molecular weight excluding hydrogens is 320 g/mol. The van der Waals surface area contributed by atoms with Gasteiger partial charge in [-0.05, 0) is 36.1 Å². The van der Waals surface area contributed by atoms with Crippen LogP contribution in [0.1, 0.15) is 29.5 Å². The number of benzene rings is 2. The van der Waals surface area contributed by atoms with Gasteiger partial charge in [0.1, 0.15) is 6.04 Å². The fourth-order valence-electron chi connectivity index (χ4n) is 4.13. The fourth-order valence-corrected chi connectivity index (χ4v) is 4.13. The predicted molar refractivity (Wildman–Crippen MR) is 92.6 cm³/mol. The maximum atomic E-state index is 12.5. The third kappa shape index (κ3) is 2.45. The number of carbonyl (C=O) groups is 1. The van der Waals surface area contributed by atoms with Gasteiger partial charge in [0.2, 0.25) is 0 Å². The van der Waals surface area contributed by atoms with Crippen LogP contribution in [0.15, 0.2) is 42.5 Å². The van der Waals surface area contributed by atoms with Gasteiger partial charge in [0.05, 0.1) is 11.5 Å². The zero-order valence-electron chi connectivity index (χ0n) is 13.8. The van der Waals surface area contributed by atoms with Gasteiger partial charge >= 0.3 is 5.97 Å². The van der Waals surface area contributed by atoms with Crippen molar-refractivity contribution in [2.24, 2.45) is 5.92 Å². The Kier molecular flexibility index (Phi) is 3.67. The number of carbonyl (C=O) groups excluding carboxylic acids is 1. The van der Waals surface area contributed by atoms with E-state index in [9.17, 15) is 14.9 Å². The largest absolute Gasteiger partial charge is 0.464 e. The van der Waals surface area contributed by atoms with Crippen LogP contribution >= 0.6 is 0 Å². The van der Waals surface area contributed by atoms with E-state index < -0.39 is 6.04 Å². The summed E-state index contributed by atoms with van der Waals surface area (Å²) >= 11 is 0. The molecule has 6 heteroatoms. The smallest absolute Gasteiger partial charge is 0.328 e. The highest BCUT2D eigenvalue weighted by molar-refractivity contribution is 5.83. The summed E-state index contributed by atoms with van der Waals surface area (Å²) in [4.78, 5) is 23.3. The zero-order valence-corrected chi connectivity index (χ0v) is 13.8. The van der Waals surface area contributed by atoms with E-state index in [1.807, 2.05) is 12.1 Å². The molecule has 1 heterocycles. The molecule has 0 aromatic heterocycles. The van der Waals surface area contributed by atoms with Crippen LogP contribution in [0.3, 0.4) is 0 Å². The highest BCUT2D eigenvalue weighted by atomic mass is 16.6. The second-order valence-corrected chi connectivity index (χ2v) is 6.45. The Balaban J connectivity index is 1.85. The quantitative estimate of drug-likeness (QED) is 0.528. The van der Waals surface area contributed by atoms with E-state index in [0.29, 0.717) is 6.61 Å². The topological polar surface area (TPSA) is 81.5 Å². The third-order valence-electron chi connectivity index (χ3n) is 5.13. The Morgan fingerprint density at radius 1 is 1.28 bits per heavy atom. The van der Waals surface area contributed by atoms with Gasteiger partial charge in [-0.3, -0.25) is 10.1 Å². The number of fused-ring (bicyclic) bond motifs is 5. The minimum atomic E-state index is -0.452. The first-order chi connectivity index (χ1) is 12.1. The molecule has 0 radical (unpaired) electrons. The van der Waals surface area contributed by atoms with E-state index in [4.69, 9.17) is 4.74 Å². The highest BCUT2D eigenvalue weighted by Crippen LogP contribution is 2.50. The molecule has 0 bridgehead atoms. The van der Waals surface area contributed by atoms with Gasteiger partial charge in [0.15, 0.2) is 0 Å². The van der Waals surface area contributed by atoms with E-state index in [-0.39, 0.29) is 28.4 Å². The monoisotopic (exact) mass is 338 g/mol. The summed E-state index contributed by atoms with van der Waals surface area (Å²) in [5, 5.41) is 14.5. The molecule has 3 atom stereocenters. The van der Waals surface area contributed by atoms with Gasteiger partial charge in [0.25, 0.3) is 5.69 Å². The van der Waals surface area contributed by atoms with Gasteiger partial charge in [-0.15, -0.1) is 0 Å². The SMILES string of the molecule is CCOC(=O)[C@@H]1Nc2ccc([N+](=O)[O-])cc2[C@H]2c3ccccc3C[C@@H]21. The first-order valence-electron chi connectivity index (χ1n) is 8.39. The number of hydrogen-bond acceptors (Lipinski definition) is 5. The molecule has 1 aliphatic carbocycles. The van der Waals surface area contributed by atoms with Gasteiger partial charge in [-0.1, -0.05) is 24.3 Å². The lowest BCUT2D eigenvalue weighted by atomic mass is 9.77. The molecule has 2 aromatic rings. The molecule has 0 unspecified atom stereocenters. The van der Waals surface area contributed by atoms with Crippen LogP contribution in [0.5, 0.6) is 0 Å². The number of hydrogen-bond donors (Lipinski definition) is 1. The number of nitro groups is 1. The Hall–Kier alpha value is -2.89. The maximum Gasteiger partial charge on any atom is 0.328 e. The second-order valence-electron chi connectivity index (χ2n) is 6.45. The average Bonchev–Trinajstić information content (AvgIpc) is 3.00. The zero-order chi connectivity index (χ0) is 17.6. The number of nitro benzene ring substituents is 1. The molecule has 25 heavy (non-hydrogen) atoms. The van der Waals surface area contributed by atoms with E-state index in [0.717, 1.165) is 23.2 Å². The van der Waals surface area contributed by atoms with Crippen molar-refractivity contribution >= 4 is 17.3 Å². The molecule has 4 rings (SSSR count). The predicted octanol–water partition coefficient (Wildman–Crippen LogP) is 3.26. The fraction of sp³-hybridized carbons (Fsp3) is 0.316. The van der Waals surface area contributed by atoms with Crippen molar-refractivity contribution in [3.05, 3.63) is 69.3 Å². The summed E-state index contributed by atoms with van der Waals surface area (Å²) in [6.45, 7) is 2.12. The van der Waals surface area contributed by atoms with Gasteiger partial charge in [-0.25, -0.2) is 4.79 Å². The molecule has 0 saturated heterocycles. The summed E-state index contributed by atoms with van der Waals surface area (Å²) in [6, 6.07) is 12.4. The lowest BCUT2D eigenvalue weighted by Gasteiger charge is -2.35. The number of nitrogens with zero attached hydrogens (tertiary/aromatic N) is 1. The van der Waals surface area contributed by atoms with Crippen molar-refractivity contribution in [2.75, 3.05) is 11.9 Å². The van der Waals surface area contributed by atoms with Crippen molar-refractivity contribution < 1.29 is 14.5 Å². The molecule has 1 N–H and O–H groups in total. The van der Waals surface area contributed by atoms with Crippen LogP contribution in [0, 0.1) is 16.0 Å². The van der Waals surface area contributed by atoms with Crippen molar-refractivity contribution in [1.82, 2.24) is 0 Å². The summed E-state index contributed by atoms with van der Waals surface area (Å²) in [7, 11) is 0. The van der Waals surface area contributed by atoms with Crippen LogP contribution < -0.4 is 5.32 Å². The van der Waals surface area contributed by atoms with Crippen LogP contribution in [0.4, 0.5) is 11.4 Å². The standard InChI is InChI=1S/C19H18N2O4/c1-2-25-19(22)18-15-9-11-5-3-4-6-13(11)17(15)14-10-12(21(23)24)7-8-16(14)20-18/h3-8,10,15,17-18,20H,2,9H2,1H3/t15-,17+,18+/m0/s1. The maximum absolute atomic E-state index is 12.5. The van der Waals surface area contributed by atoms with Crippen LogP contribution in [0.25, 0.3) is 0 Å². The average molecular weight is 338 g/mol. The lowest BCUT2D eigenvalue weighted by molar-refractivity contribution is -0.384. The number of nitrogens with one attached hydrogen (secondary N) is 1. The molecule has 6 nitrogen and oxygen atoms in total. The third-order valence-corrected chi connectivity index (χ3v) is 5.13. The molecule has 1 aliphatic heterocycles. The molecule has 0 spiro atoms.